The Morgan fingerprint density at radius 3 is 1.94 bits per heavy atom. The van der Waals surface area contributed by atoms with Crippen LogP contribution >= 0.6 is 0 Å². The number of rotatable bonds is 2. The van der Waals surface area contributed by atoms with E-state index in [2.05, 4.69) is 179 Å². The average Bonchev–Trinajstić information content (AvgIpc) is 3.95. The Balaban J connectivity index is 1.27. The van der Waals surface area contributed by atoms with Gasteiger partial charge in [-0.05, 0) is 80.9 Å². The first kappa shape index (κ1) is 27.6. The molecule has 0 saturated heterocycles. The minimum Gasteiger partial charge on any atom is -0.455 e. The maximum atomic E-state index is 6.79. The van der Waals surface area contributed by atoms with Crippen LogP contribution in [0.15, 0.2) is 174 Å². The van der Waals surface area contributed by atoms with Gasteiger partial charge in [0.1, 0.15) is 11.2 Å². The highest BCUT2D eigenvalue weighted by Gasteiger charge is 2.26. The summed E-state index contributed by atoms with van der Waals surface area (Å²) >= 11 is 0. The van der Waals surface area contributed by atoms with Crippen molar-refractivity contribution in [3.63, 3.8) is 0 Å². The van der Waals surface area contributed by atoms with E-state index in [4.69, 9.17) is 4.42 Å². The molecule has 0 bridgehead atoms. The number of aromatic nitrogens is 2. The van der Waals surface area contributed by atoms with Crippen LogP contribution in [0.25, 0.3) is 121 Å². The molecule has 0 N–H and O–H groups in total. The van der Waals surface area contributed by atoms with Gasteiger partial charge in [0.05, 0.1) is 33.1 Å². The van der Waals surface area contributed by atoms with Crippen LogP contribution in [0.4, 0.5) is 0 Å². The maximum Gasteiger partial charge on any atom is 0.145 e. The van der Waals surface area contributed by atoms with Gasteiger partial charge in [-0.15, -0.1) is 0 Å². The molecule has 0 aliphatic heterocycles. The number of para-hydroxylation sites is 2. The summed E-state index contributed by atoms with van der Waals surface area (Å²) < 4.78 is 11.8. The number of benzene rings is 9. The standard InChI is InChI=1S/C50H28N2O/c1-2-14-32-29(11-1)12-10-21-42(32)52-44-26-25-39-36-18-6-8-22-45(36)53-50(39)47(44)40-24-23-38-35-17-5-7-20-43(35)51(48(38)49(40)52)31-27-30-13-9-19-37-33-15-3-4-16-34(33)41(28-31)46(30)37/h1-28H. The van der Waals surface area contributed by atoms with Gasteiger partial charge < -0.3 is 13.6 Å². The van der Waals surface area contributed by atoms with Crippen LogP contribution in [0.3, 0.4) is 0 Å². The second-order valence-corrected chi connectivity index (χ2v) is 14.4. The zero-order valence-electron chi connectivity index (χ0n) is 28.5. The van der Waals surface area contributed by atoms with Crippen LogP contribution in [0.5, 0.6) is 0 Å². The van der Waals surface area contributed by atoms with Gasteiger partial charge in [-0.2, -0.15) is 0 Å². The lowest BCUT2D eigenvalue weighted by atomic mass is 10.0. The van der Waals surface area contributed by atoms with Gasteiger partial charge in [0.25, 0.3) is 0 Å². The van der Waals surface area contributed by atoms with Crippen molar-refractivity contribution in [1.29, 1.82) is 0 Å². The third-order valence-corrected chi connectivity index (χ3v) is 11.8. The molecule has 3 heterocycles. The smallest absolute Gasteiger partial charge is 0.145 e. The fourth-order valence-corrected chi connectivity index (χ4v) is 9.67. The Kier molecular flexibility index (Phi) is 5.11. The van der Waals surface area contributed by atoms with Crippen LogP contribution in [0, 0.1) is 0 Å². The molecule has 244 valence electrons. The predicted octanol–water partition coefficient (Wildman–Crippen LogP) is 13.7. The lowest BCUT2D eigenvalue weighted by Crippen LogP contribution is -1.99. The fourth-order valence-electron chi connectivity index (χ4n) is 9.67. The highest BCUT2D eigenvalue weighted by molar-refractivity contribution is 6.30. The highest BCUT2D eigenvalue weighted by Crippen LogP contribution is 2.50. The molecule has 0 atom stereocenters. The van der Waals surface area contributed by atoms with Gasteiger partial charge >= 0.3 is 0 Å². The topological polar surface area (TPSA) is 23.0 Å². The van der Waals surface area contributed by atoms with E-state index >= 15 is 0 Å². The van der Waals surface area contributed by atoms with Crippen molar-refractivity contribution >= 4 is 87.1 Å². The zero-order chi connectivity index (χ0) is 34.4. The predicted molar refractivity (Wildman–Crippen MR) is 222 cm³/mol. The third-order valence-electron chi connectivity index (χ3n) is 11.8. The van der Waals surface area contributed by atoms with E-state index in [-0.39, 0.29) is 0 Å². The second kappa shape index (κ2) is 9.81. The Hall–Kier alpha value is -7.10. The maximum absolute atomic E-state index is 6.79. The van der Waals surface area contributed by atoms with Gasteiger partial charge in [-0.25, -0.2) is 0 Å². The van der Waals surface area contributed by atoms with E-state index < -0.39 is 0 Å². The van der Waals surface area contributed by atoms with Crippen LogP contribution < -0.4 is 0 Å². The first-order valence-corrected chi connectivity index (χ1v) is 18.3. The largest absolute Gasteiger partial charge is 0.455 e. The monoisotopic (exact) mass is 672 g/mol. The Morgan fingerprint density at radius 2 is 1.02 bits per heavy atom. The van der Waals surface area contributed by atoms with E-state index in [1.54, 1.807) is 0 Å². The number of hydrogen-bond acceptors (Lipinski definition) is 1. The summed E-state index contributed by atoms with van der Waals surface area (Å²) in [5, 5.41) is 12.1. The summed E-state index contributed by atoms with van der Waals surface area (Å²) in [5.41, 5.74) is 14.0. The molecule has 13 rings (SSSR count). The summed E-state index contributed by atoms with van der Waals surface area (Å²) in [7, 11) is 0. The molecular weight excluding hydrogens is 645 g/mol. The van der Waals surface area contributed by atoms with Crippen molar-refractivity contribution in [2.45, 2.75) is 0 Å². The molecular formula is C50H28N2O. The highest BCUT2D eigenvalue weighted by atomic mass is 16.3. The van der Waals surface area contributed by atoms with E-state index in [0.29, 0.717) is 0 Å². The number of nitrogens with zero attached hydrogens (tertiary/aromatic N) is 2. The van der Waals surface area contributed by atoms with Crippen LogP contribution in [-0.2, 0) is 0 Å². The molecule has 0 saturated carbocycles. The summed E-state index contributed by atoms with van der Waals surface area (Å²) in [4.78, 5) is 0. The van der Waals surface area contributed by atoms with Gasteiger partial charge in [0.2, 0.25) is 0 Å². The molecule has 12 aromatic rings. The van der Waals surface area contributed by atoms with Gasteiger partial charge in [0, 0.05) is 38.0 Å². The van der Waals surface area contributed by atoms with Crippen molar-refractivity contribution in [2.24, 2.45) is 0 Å². The molecule has 0 radical (unpaired) electrons. The molecule has 0 fully saturated rings. The Labute approximate surface area is 303 Å². The van der Waals surface area contributed by atoms with E-state index in [0.717, 1.165) is 44.2 Å². The Morgan fingerprint density at radius 1 is 0.358 bits per heavy atom. The Bertz CT molecular complexity index is 3570. The lowest BCUT2D eigenvalue weighted by molar-refractivity contribution is 0.673. The number of fused-ring (bicyclic) bond motifs is 15. The molecule has 0 amide bonds. The van der Waals surface area contributed by atoms with Gasteiger partial charge in [0.15, 0.2) is 0 Å². The van der Waals surface area contributed by atoms with Crippen LogP contribution in [0.1, 0.15) is 0 Å². The molecule has 0 spiro atoms. The number of hydrogen-bond donors (Lipinski definition) is 0. The van der Waals surface area contributed by atoms with Gasteiger partial charge in [-0.1, -0.05) is 127 Å². The van der Waals surface area contributed by atoms with Gasteiger partial charge in [-0.3, -0.25) is 0 Å². The van der Waals surface area contributed by atoms with E-state index in [1.165, 1.54) is 76.5 Å². The van der Waals surface area contributed by atoms with Crippen LogP contribution in [0.2, 0.25) is 0 Å². The SMILES string of the molecule is c1ccc2c(c1)-c1cccc3cc(-n4c5ccccc5c5ccc6c7c8oc9ccccc9c8ccc7n(-c7cccc8ccccc78)c6c54)cc-2c13. The second-order valence-electron chi connectivity index (χ2n) is 14.4. The molecule has 9 aromatic carbocycles. The normalized spacial score (nSPS) is 12.5. The van der Waals surface area contributed by atoms with Crippen LogP contribution in [-0.4, -0.2) is 9.13 Å². The quantitative estimate of drug-likeness (QED) is 0.179. The minimum atomic E-state index is 0.908. The van der Waals surface area contributed by atoms with Crippen molar-refractivity contribution in [1.82, 2.24) is 9.13 Å². The third kappa shape index (κ3) is 3.44. The van der Waals surface area contributed by atoms with Crippen molar-refractivity contribution < 1.29 is 4.42 Å². The molecule has 3 heteroatoms. The first-order valence-electron chi connectivity index (χ1n) is 18.3. The minimum absolute atomic E-state index is 0.908. The van der Waals surface area contributed by atoms with Crippen molar-refractivity contribution in [2.75, 3.05) is 0 Å². The molecule has 0 unspecified atom stereocenters. The number of furan rings is 1. The summed E-state index contributed by atoms with van der Waals surface area (Å²) in [5.74, 6) is 0. The first-order chi connectivity index (χ1) is 26.3. The van der Waals surface area contributed by atoms with Crippen molar-refractivity contribution in [3.05, 3.63) is 170 Å². The molecule has 3 nitrogen and oxygen atoms in total. The summed E-state index contributed by atoms with van der Waals surface area (Å²) in [6.07, 6.45) is 0. The molecule has 1 aliphatic carbocycles. The summed E-state index contributed by atoms with van der Waals surface area (Å²) in [6.45, 7) is 0. The van der Waals surface area contributed by atoms with E-state index in [1.807, 2.05) is 0 Å². The van der Waals surface area contributed by atoms with Crippen molar-refractivity contribution in [3.8, 4) is 33.6 Å². The lowest BCUT2D eigenvalue weighted by Gasteiger charge is -2.15. The fraction of sp³-hybridized carbons (Fsp3) is 0. The molecule has 53 heavy (non-hydrogen) atoms. The molecule has 1 aliphatic rings. The zero-order valence-corrected chi connectivity index (χ0v) is 28.5. The summed E-state index contributed by atoms with van der Waals surface area (Å²) in [6, 6.07) is 62.3. The van der Waals surface area contributed by atoms with E-state index in [9.17, 15) is 0 Å². The molecule has 3 aromatic heterocycles. The average molecular weight is 673 g/mol.